The van der Waals surface area contributed by atoms with E-state index in [1.165, 1.54) is 31.5 Å². The third kappa shape index (κ3) is 4.71. The first-order valence-corrected chi connectivity index (χ1v) is 10.7. The smallest absolute Gasteiger partial charge is 0.227 e. The van der Waals surface area contributed by atoms with Crippen molar-refractivity contribution >= 4 is 5.91 Å². The second-order valence-corrected chi connectivity index (χ2v) is 8.54. The zero-order valence-corrected chi connectivity index (χ0v) is 16.3. The SMILES string of the molecule is O=C([C@H]1CCCN(C2CCN(CCc3ccccc3)CC2)C1)N1CC(O)C1. The van der Waals surface area contributed by atoms with Crippen molar-refractivity contribution in [1.29, 1.82) is 0 Å². The lowest BCUT2D eigenvalue weighted by Crippen LogP contribution is -2.58. The lowest BCUT2D eigenvalue weighted by atomic mass is 9.92. The van der Waals surface area contributed by atoms with Gasteiger partial charge in [-0.15, -0.1) is 0 Å². The van der Waals surface area contributed by atoms with E-state index < -0.39 is 0 Å². The number of carbonyl (C=O) groups excluding carboxylic acids is 1. The molecule has 1 atom stereocenters. The van der Waals surface area contributed by atoms with Crippen LogP contribution < -0.4 is 0 Å². The molecule has 27 heavy (non-hydrogen) atoms. The van der Waals surface area contributed by atoms with E-state index in [9.17, 15) is 9.90 Å². The molecule has 1 N–H and O–H groups in total. The highest BCUT2D eigenvalue weighted by Gasteiger charge is 2.37. The predicted molar refractivity (Wildman–Crippen MR) is 106 cm³/mol. The Morgan fingerprint density at radius 1 is 1.00 bits per heavy atom. The van der Waals surface area contributed by atoms with Gasteiger partial charge >= 0.3 is 0 Å². The summed E-state index contributed by atoms with van der Waals surface area (Å²) in [5.41, 5.74) is 1.42. The monoisotopic (exact) mass is 371 g/mol. The summed E-state index contributed by atoms with van der Waals surface area (Å²) in [5.74, 6) is 0.410. The number of aliphatic hydroxyl groups is 1. The van der Waals surface area contributed by atoms with Gasteiger partial charge in [-0.05, 0) is 57.3 Å². The van der Waals surface area contributed by atoms with Crippen LogP contribution in [0.4, 0.5) is 0 Å². The van der Waals surface area contributed by atoms with Crippen molar-refractivity contribution in [2.45, 2.75) is 44.2 Å². The molecule has 4 rings (SSSR count). The van der Waals surface area contributed by atoms with Crippen LogP contribution in [0.1, 0.15) is 31.2 Å². The zero-order valence-electron chi connectivity index (χ0n) is 16.3. The summed E-state index contributed by atoms with van der Waals surface area (Å²) in [6, 6.07) is 11.4. The maximum atomic E-state index is 12.6. The van der Waals surface area contributed by atoms with Crippen molar-refractivity contribution in [1.82, 2.24) is 14.7 Å². The normalized spacial score (nSPS) is 26.1. The van der Waals surface area contributed by atoms with Crippen LogP contribution in [0.5, 0.6) is 0 Å². The molecule has 1 aromatic rings. The average Bonchev–Trinajstić information content (AvgIpc) is 2.71. The van der Waals surface area contributed by atoms with Gasteiger partial charge in [0.05, 0.1) is 12.0 Å². The highest BCUT2D eigenvalue weighted by molar-refractivity contribution is 5.80. The number of aliphatic hydroxyl groups excluding tert-OH is 1. The fraction of sp³-hybridized carbons (Fsp3) is 0.682. The number of hydrogen-bond donors (Lipinski definition) is 1. The summed E-state index contributed by atoms with van der Waals surface area (Å²) in [6.45, 7) is 6.62. The zero-order chi connectivity index (χ0) is 18.6. The Morgan fingerprint density at radius 2 is 1.74 bits per heavy atom. The quantitative estimate of drug-likeness (QED) is 0.854. The van der Waals surface area contributed by atoms with Crippen LogP contribution in [-0.2, 0) is 11.2 Å². The third-order valence-electron chi connectivity index (χ3n) is 6.61. The van der Waals surface area contributed by atoms with E-state index in [4.69, 9.17) is 0 Å². The molecule has 3 heterocycles. The Hall–Kier alpha value is -1.43. The standard InChI is InChI=1S/C22H33N3O2/c26-21-16-25(17-21)22(27)19-7-4-11-24(15-19)20-9-13-23(14-10-20)12-8-18-5-2-1-3-6-18/h1-3,5-6,19-21,26H,4,7-17H2/t19-/m0/s1. The van der Waals surface area contributed by atoms with E-state index in [-0.39, 0.29) is 17.9 Å². The van der Waals surface area contributed by atoms with E-state index >= 15 is 0 Å². The Morgan fingerprint density at radius 3 is 2.44 bits per heavy atom. The van der Waals surface area contributed by atoms with Crippen molar-refractivity contribution in [3.05, 3.63) is 35.9 Å². The third-order valence-corrected chi connectivity index (χ3v) is 6.61. The minimum absolute atomic E-state index is 0.141. The Labute approximate surface area is 162 Å². The van der Waals surface area contributed by atoms with Gasteiger partial charge in [-0.3, -0.25) is 9.69 Å². The van der Waals surface area contributed by atoms with Gasteiger partial charge < -0.3 is 14.9 Å². The Bertz CT molecular complexity index is 609. The number of nitrogens with zero attached hydrogens (tertiary/aromatic N) is 3. The van der Waals surface area contributed by atoms with Gasteiger partial charge in [0, 0.05) is 32.2 Å². The Balaban J connectivity index is 1.21. The number of carbonyl (C=O) groups is 1. The highest BCUT2D eigenvalue weighted by atomic mass is 16.3. The van der Waals surface area contributed by atoms with Gasteiger partial charge in [-0.2, -0.15) is 0 Å². The number of hydrogen-bond acceptors (Lipinski definition) is 4. The summed E-state index contributed by atoms with van der Waals surface area (Å²) < 4.78 is 0. The first kappa shape index (κ1) is 18.9. The molecule has 5 nitrogen and oxygen atoms in total. The van der Waals surface area contributed by atoms with E-state index in [2.05, 4.69) is 40.1 Å². The molecule has 5 heteroatoms. The van der Waals surface area contributed by atoms with Gasteiger partial charge in [0.25, 0.3) is 0 Å². The Kier molecular flexibility index (Phi) is 6.11. The second kappa shape index (κ2) is 8.72. The average molecular weight is 372 g/mol. The van der Waals surface area contributed by atoms with Gasteiger partial charge in [0.15, 0.2) is 0 Å². The number of rotatable bonds is 5. The van der Waals surface area contributed by atoms with Crippen LogP contribution >= 0.6 is 0 Å². The predicted octanol–water partition coefficient (Wildman–Crippen LogP) is 1.61. The van der Waals surface area contributed by atoms with Gasteiger partial charge in [-0.25, -0.2) is 0 Å². The molecule has 3 saturated heterocycles. The van der Waals surface area contributed by atoms with Gasteiger partial charge in [0.1, 0.15) is 0 Å². The van der Waals surface area contributed by atoms with E-state index in [1.54, 1.807) is 0 Å². The van der Waals surface area contributed by atoms with Crippen molar-refractivity contribution in [3.8, 4) is 0 Å². The summed E-state index contributed by atoms with van der Waals surface area (Å²) in [7, 11) is 0. The summed E-state index contributed by atoms with van der Waals surface area (Å²) in [6.07, 6.45) is 5.41. The van der Waals surface area contributed by atoms with Crippen molar-refractivity contribution < 1.29 is 9.90 Å². The van der Waals surface area contributed by atoms with Crippen LogP contribution in [0.2, 0.25) is 0 Å². The largest absolute Gasteiger partial charge is 0.389 e. The number of likely N-dealkylation sites (tertiary alicyclic amines) is 3. The number of β-amino-alcohol motifs (C(OH)–C–C–N with tert-alkyl or cyclic N) is 1. The van der Waals surface area contributed by atoms with Crippen LogP contribution in [0.25, 0.3) is 0 Å². The molecule has 0 aliphatic carbocycles. The maximum Gasteiger partial charge on any atom is 0.227 e. The van der Waals surface area contributed by atoms with Crippen molar-refractivity contribution in [2.75, 3.05) is 45.8 Å². The summed E-state index contributed by atoms with van der Waals surface area (Å²) in [4.78, 5) is 19.6. The molecule has 0 saturated carbocycles. The first-order chi connectivity index (χ1) is 13.2. The van der Waals surface area contributed by atoms with E-state index in [0.717, 1.165) is 38.9 Å². The lowest BCUT2D eigenvalue weighted by molar-refractivity contribution is -0.148. The molecule has 1 aromatic carbocycles. The number of piperidine rings is 2. The lowest BCUT2D eigenvalue weighted by Gasteiger charge is -2.44. The molecule has 1 amide bonds. The highest BCUT2D eigenvalue weighted by Crippen LogP contribution is 2.26. The topological polar surface area (TPSA) is 47.0 Å². The van der Waals surface area contributed by atoms with Gasteiger partial charge in [-0.1, -0.05) is 30.3 Å². The summed E-state index contributed by atoms with van der Waals surface area (Å²) in [5, 5.41) is 9.45. The fourth-order valence-electron chi connectivity index (χ4n) is 4.87. The minimum Gasteiger partial charge on any atom is -0.389 e. The molecule has 0 radical (unpaired) electrons. The molecular weight excluding hydrogens is 338 g/mol. The molecular formula is C22H33N3O2. The van der Waals surface area contributed by atoms with Crippen LogP contribution in [0, 0.1) is 5.92 Å². The van der Waals surface area contributed by atoms with Gasteiger partial charge in [0.2, 0.25) is 5.91 Å². The van der Waals surface area contributed by atoms with Crippen molar-refractivity contribution in [3.63, 3.8) is 0 Å². The van der Waals surface area contributed by atoms with Crippen LogP contribution in [0.3, 0.4) is 0 Å². The molecule has 3 fully saturated rings. The molecule has 148 valence electrons. The number of benzene rings is 1. The maximum absolute atomic E-state index is 12.6. The van der Waals surface area contributed by atoms with E-state index in [0.29, 0.717) is 19.1 Å². The molecule has 3 aliphatic heterocycles. The summed E-state index contributed by atoms with van der Waals surface area (Å²) >= 11 is 0. The minimum atomic E-state index is -0.297. The molecule has 0 unspecified atom stereocenters. The van der Waals surface area contributed by atoms with Crippen LogP contribution in [0.15, 0.2) is 30.3 Å². The molecule has 0 aromatic heterocycles. The molecule has 0 bridgehead atoms. The van der Waals surface area contributed by atoms with Crippen molar-refractivity contribution in [2.24, 2.45) is 5.92 Å². The molecule has 0 spiro atoms. The fourth-order valence-corrected chi connectivity index (χ4v) is 4.87. The van der Waals surface area contributed by atoms with E-state index in [1.807, 2.05) is 4.90 Å². The molecule has 3 aliphatic rings. The second-order valence-electron chi connectivity index (χ2n) is 8.54. The number of amides is 1. The first-order valence-electron chi connectivity index (χ1n) is 10.7. The van der Waals surface area contributed by atoms with Crippen LogP contribution in [-0.4, -0.2) is 83.7 Å².